The van der Waals surface area contributed by atoms with Crippen molar-refractivity contribution in [3.63, 3.8) is 0 Å². The molecule has 3 aromatic carbocycles. The minimum absolute atomic E-state index is 0.0158. The second kappa shape index (κ2) is 10.9. The lowest BCUT2D eigenvalue weighted by molar-refractivity contribution is -0.139. The summed E-state index contributed by atoms with van der Waals surface area (Å²) in [6.45, 7) is 4.06. The van der Waals surface area contributed by atoms with Crippen LogP contribution in [-0.2, 0) is 9.59 Å². The second-order valence-corrected chi connectivity index (χ2v) is 10.6. The van der Waals surface area contributed by atoms with Crippen LogP contribution in [0.15, 0.2) is 42.5 Å². The zero-order valence-corrected chi connectivity index (χ0v) is 24.1. The van der Waals surface area contributed by atoms with Gasteiger partial charge in [0.2, 0.25) is 5.91 Å². The number of ether oxygens (including phenoxy) is 2. The van der Waals surface area contributed by atoms with Crippen LogP contribution in [0.25, 0.3) is 0 Å². The fraction of sp³-hybridized carbons (Fsp3) is 0.214. The number of benzene rings is 3. The van der Waals surface area contributed by atoms with E-state index in [0.717, 1.165) is 4.90 Å². The first kappa shape index (κ1) is 28.2. The number of imide groups is 1. The van der Waals surface area contributed by atoms with Gasteiger partial charge in [-0.05, 0) is 49.7 Å². The Kier molecular flexibility index (Phi) is 7.72. The van der Waals surface area contributed by atoms with Crippen LogP contribution in [0.2, 0.25) is 20.1 Å². The summed E-state index contributed by atoms with van der Waals surface area (Å²) in [5.74, 6) is -2.18. The Morgan fingerprint density at radius 3 is 2.12 bits per heavy atom. The molecule has 1 fully saturated rings. The third-order valence-electron chi connectivity index (χ3n) is 6.64. The van der Waals surface area contributed by atoms with Gasteiger partial charge < -0.3 is 14.4 Å². The van der Waals surface area contributed by atoms with E-state index in [1.807, 2.05) is 13.0 Å². The third-order valence-corrected chi connectivity index (χ3v) is 8.44. The molecule has 0 bridgehead atoms. The van der Waals surface area contributed by atoms with Crippen LogP contribution in [0.1, 0.15) is 39.6 Å². The quantitative estimate of drug-likeness (QED) is 0.0992. The van der Waals surface area contributed by atoms with Crippen molar-refractivity contribution in [1.29, 1.82) is 0 Å². The zero-order valence-electron chi connectivity index (χ0n) is 21.1. The highest BCUT2D eigenvalue weighted by Gasteiger charge is 2.43. The normalized spacial score (nSPS) is 16.6. The van der Waals surface area contributed by atoms with Crippen LogP contribution in [0.4, 0.5) is 11.4 Å². The number of carbonyl (C=O) groups is 4. The molecule has 12 heteroatoms. The van der Waals surface area contributed by atoms with Crippen molar-refractivity contribution < 1.29 is 28.7 Å². The summed E-state index contributed by atoms with van der Waals surface area (Å²) < 4.78 is 11.2. The van der Waals surface area contributed by atoms with Crippen molar-refractivity contribution in [3.05, 3.63) is 79.2 Å². The van der Waals surface area contributed by atoms with Crippen LogP contribution in [0.5, 0.6) is 11.5 Å². The Labute approximate surface area is 249 Å². The Hall–Kier alpha value is -3.30. The third kappa shape index (κ3) is 4.69. The van der Waals surface area contributed by atoms with Crippen LogP contribution in [0, 0.1) is 12.8 Å². The van der Waals surface area contributed by atoms with Crippen molar-refractivity contribution in [3.8, 4) is 11.5 Å². The van der Waals surface area contributed by atoms with Gasteiger partial charge in [-0.1, -0.05) is 58.5 Å². The van der Waals surface area contributed by atoms with Gasteiger partial charge >= 0.3 is 5.97 Å². The van der Waals surface area contributed by atoms with E-state index in [-0.39, 0.29) is 61.5 Å². The van der Waals surface area contributed by atoms with Crippen LogP contribution < -0.4 is 19.3 Å². The molecule has 1 saturated heterocycles. The highest BCUT2D eigenvalue weighted by molar-refractivity contribution is 6.56. The smallest absolute Gasteiger partial charge is 0.316 e. The highest BCUT2D eigenvalue weighted by atomic mass is 35.5. The molecule has 0 aromatic heterocycles. The van der Waals surface area contributed by atoms with Gasteiger partial charge in [0.1, 0.15) is 11.5 Å². The van der Waals surface area contributed by atoms with Crippen molar-refractivity contribution >= 4 is 81.5 Å². The lowest BCUT2D eigenvalue weighted by Crippen LogP contribution is -2.30. The summed E-state index contributed by atoms with van der Waals surface area (Å²) in [6, 6.07) is 11.6. The Morgan fingerprint density at radius 1 is 0.900 bits per heavy atom. The number of fused-ring (bicyclic) bond motifs is 1. The summed E-state index contributed by atoms with van der Waals surface area (Å²) >= 11 is 24.6. The molecule has 0 N–H and O–H groups in total. The number of amides is 3. The standard InChI is InChI=1S/C28H20Cl4N2O6/c1-3-39-18-7-5-4-6-17(18)33-12-14(11-19(33)35)28(38)40-15-8-9-16(13(2)10-15)34-26(36)20-21(27(34)37)23(30)25(32)24(31)22(20)29/h4-10,14H,3,11-12H2,1-2H3/t14-/m0/s1. The van der Waals surface area contributed by atoms with Crippen molar-refractivity contribution in [2.45, 2.75) is 20.3 Å². The van der Waals surface area contributed by atoms with Gasteiger partial charge in [-0.2, -0.15) is 0 Å². The van der Waals surface area contributed by atoms with Gasteiger partial charge in [-0.15, -0.1) is 0 Å². The molecule has 2 aliphatic heterocycles. The average molecular weight is 622 g/mol. The molecule has 40 heavy (non-hydrogen) atoms. The first-order valence-electron chi connectivity index (χ1n) is 12.1. The summed E-state index contributed by atoms with van der Waals surface area (Å²) in [5.41, 5.74) is 1.01. The number of halogens is 4. The number of hydrogen-bond donors (Lipinski definition) is 0. The first-order valence-corrected chi connectivity index (χ1v) is 13.7. The van der Waals surface area contributed by atoms with E-state index in [2.05, 4.69) is 0 Å². The van der Waals surface area contributed by atoms with Crippen molar-refractivity contribution in [2.24, 2.45) is 5.92 Å². The molecular weight excluding hydrogens is 602 g/mol. The monoisotopic (exact) mass is 620 g/mol. The highest BCUT2D eigenvalue weighted by Crippen LogP contribution is 2.46. The number of aryl methyl sites for hydroxylation is 1. The summed E-state index contributed by atoms with van der Waals surface area (Å²) in [6.07, 6.45) is -0.0158. The summed E-state index contributed by atoms with van der Waals surface area (Å²) in [5, 5.41) is -0.586. The van der Waals surface area contributed by atoms with E-state index < -0.39 is 23.7 Å². The minimum atomic E-state index is -0.713. The predicted molar refractivity (Wildman–Crippen MR) is 153 cm³/mol. The minimum Gasteiger partial charge on any atom is -0.492 e. The molecule has 0 spiro atoms. The second-order valence-electron chi connectivity index (χ2n) is 9.13. The molecule has 3 amide bonds. The van der Waals surface area contributed by atoms with E-state index >= 15 is 0 Å². The predicted octanol–water partition coefficient (Wildman–Crippen LogP) is 6.77. The molecular formula is C28H20Cl4N2O6. The molecule has 206 valence electrons. The number of rotatable bonds is 6. The van der Waals surface area contributed by atoms with Gasteiger partial charge in [0.15, 0.2) is 0 Å². The van der Waals surface area contributed by atoms with Gasteiger partial charge in [0, 0.05) is 13.0 Å². The Bertz CT molecular complexity index is 1560. The summed E-state index contributed by atoms with van der Waals surface area (Å²) in [7, 11) is 0. The largest absolute Gasteiger partial charge is 0.492 e. The molecule has 0 unspecified atom stereocenters. The lowest BCUT2D eigenvalue weighted by Gasteiger charge is -2.20. The first-order chi connectivity index (χ1) is 19.0. The molecule has 5 rings (SSSR count). The zero-order chi connectivity index (χ0) is 28.9. The van der Waals surface area contributed by atoms with Crippen molar-refractivity contribution in [2.75, 3.05) is 23.0 Å². The molecule has 0 radical (unpaired) electrons. The molecule has 0 aliphatic carbocycles. The fourth-order valence-electron chi connectivity index (χ4n) is 4.77. The summed E-state index contributed by atoms with van der Waals surface area (Å²) in [4.78, 5) is 54.6. The topological polar surface area (TPSA) is 93.2 Å². The van der Waals surface area contributed by atoms with Gasteiger partial charge in [-0.25, -0.2) is 4.90 Å². The fourth-order valence-corrected chi connectivity index (χ4v) is 5.78. The molecule has 2 heterocycles. The van der Waals surface area contributed by atoms with E-state index in [4.69, 9.17) is 55.9 Å². The van der Waals surface area contributed by atoms with E-state index in [1.54, 1.807) is 25.1 Å². The van der Waals surface area contributed by atoms with Gasteiger partial charge in [0.05, 0.1) is 55.1 Å². The number of carbonyl (C=O) groups excluding carboxylic acids is 4. The van der Waals surface area contributed by atoms with E-state index in [9.17, 15) is 19.2 Å². The maximum absolute atomic E-state index is 13.2. The van der Waals surface area contributed by atoms with Crippen LogP contribution >= 0.6 is 46.4 Å². The average Bonchev–Trinajstić information content (AvgIpc) is 3.44. The number of hydrogen-bond acceptors (Lipinski definition) is 6. The molecule has 8 nitrogen and oxygen atoms in total. The van der Waals surface area contributed by atoms with Gasteiger partial charge in [0.25, 0.3) is 11.8 Å². The number of nitrogens with zero attached hydrogens (tertiary/aromatic N) is 2. The SMILES string of the molecule is CCOc1ccccc1N1C[C@@H](C(=O)Oc2ccc(N3C(=O)c4c(Cl)c(Cl)c(Cl)c(Cl)c4C3=O)c(C)c2)CC1=O. The van der Waals surface area contributed by atoms with Crippen LogP contribution in [0.3, 0.4) is 0 Å². The number of esters is 1. The molecule has 3 aromatic rings. The maximum atomic E-state index is 13.2. The van der Waals surface area contributed by atoms with Crippen molar-refractivity contribution in [1.82, 2.24) is 0 Å². The van der Waals surface area contributed by atoms with E-state index in [0.29, 0.717) is 23.6 Å². The van der Waals surface area contributed by atoms with E-state index in [1.165, 1.54) is 23.1 Å². The molecule has 1 atom stereocenters. The Morgan fingerprint density at radius 2 is 1.52 bits per heavy atom. The lowest BCUT2D eigenvalue weighted by atomic mass is 10.1. The number of anilines is 2. The van der Waals surface area contributed by atoms with Gasteiger partial charge in [-0.3, -0.25) is 19.2 Å². The maximum Gasteiger partial charge on any atom is 0.316 e. The van der Waals surface area contributed by atoms with Crippen LogP contribution in [-0.4, -0.2) is 36.8 Å². The number of para-hydroxylation sites is 2. The molecule has 0 saturated carbocycles. The molecule has 2 aliphatic rings. The Balaban J connectivity index is 1.34.